The van der Waals surface area contributed by atoms with Gasteiger partial charge >= 0.3 is 0 Å². The highest BCUT2D eigenvalue weighted by molar-refractivity contribution is 5.95. The molecule has 6 heteroatoms. The second-order valence-electron chi connectivity index (χ2n) is 4.99. The molecule has 1 atom stereocenters. The van der Waals surface area contributed by atoms with Crippen molar-refractivity contribution in [1.82, 2.24) is 20.2 Å². The molecule has 1 saturated heterocycles. The Hall–Kier alpha value is -1.69. The van der Waals surface area contributed by atoms with Crippen LogP contribution in [0.1, 0.15) is 35.8 Å². The van der Waals surface area contributed by atoms with Gasteiger partial charge in [0.25, 0.3) is 5.91 Å². The number of anilines is 1. The van der Waals surface area contributed by atoms with Gasteiger partial charge in [-0.25, -0.2) is 9.97 Å². The van der Waals surface area contributed by atoms with Gasteiger partial charge in [-0.3, -0.25) is 4.79 Å². The van der Waals surface area contributed by atoms with Crippen molar-refractivity contribution < 1.29 is 4.79 Å². The molecule has 104 valence electrons. The number of amides is 1. The van der Waals surface area contributed by atoms with Gasteiger partial charge in [-0.05, 0) is 26.3 Å². The highest BCUT2D eigenvalue weighted by atomic mass is 16.1. The fourth-order valence-corrected chi connectivity index (χ4v) is 2.44. The summed E-state index contributed by atoms with van der Waals surface area (Å²) >= 11 is 0. The van der Waals surface area contributed by atoms with Crippen molar-refractivity contribution in [2.24, 2.45) is 0 Å². The minimum absolute atomic E-state index is 0.110. The summed E-state index contributed by atoms with van der Waals surface area (Å²) < 4.78 is 0. The van der Waals surface area contributed by atoms with Gasteiger partial charge in [0, 0.05) is 25.3 Å². The van der Waals surface area contributed by atoms with Crippen LogP contribution in [0.3, 0.4) is 0 Å². The molecule has 0 radical (unpaired) electrons. The summed E-state index contributed by atoms with van der Waals surface area (Å²) in [6, 6.07) is 0.219. The van der Waals surface area contributed by atoms with Crippen molar-refractivity contribution in [3.8, 4) is 0 Å². The normalized spacial score (nSPS) is 19.6. The number of nitrogens with two attached hydrogens (primary N) is 1. The van der Waals surface area contributed by atoms with Crippen LogP contribution < -0.4 is 11.1 Å². The van der Waals surface area contributed by atoms with Crippen LogP contribution in [0.4, 0.5) is 5.95 Å². The number of carbonyl (C=O) groups excluding carboxylic acids is 1. The van der Waals surface area contributed by atoms with Crippen LogP contribution in [-0.4, -0.2) is 46.5 Å². The number of carbonyl (C=O) groups is 1. The number of aryl methyl sites for hydroxylation is 1. The Bertz CT molecular complexity index is 462. The van der Waals surface area contributed by atoms with E-state index in [0.717, 1.165) is 32.5 Å². The van der Waals surface area contributed by atoms with Gasteiger partial charge in [-0.2, -0.15) is 0 Å². The van der Waals surface area contributed by atoms with Crippen molar-refractivity contribution in [2.75, 3.05) is 25.4 Å². The van der Waals surface area contributed by atoms with Gasteiger partial charge in [0.1, 0.15) is 0 Å². The molecular weight excluding hydrogens is 242 g/mol. The maximum absolute atomic E-state index is 12.1. The second-order valence-corrected chi connectivity index (χ2v) is 4.99. The van der Waals surface area contributed by atoms with E-state index in [9.17, 15) is 4.79 Å². The Balaban J connectivity index is 1.94. The minimum atomic E-state index is -0.110. The molecule has 1 aromatic heterocycles. The molecular formula is C13H21N5O. The summed E-state index contributed by atoms with van der Waals surface area (Å²) in [5.74, 6) is 0.0879. The van der Waals surface area contributed by atoms with Gasteiger partial charge in [0.2, 0.25) is 5.95 Å². The SMILES string of the molecule is CCCN1CC[C@@H](NC(=O)c2cnc(N)nc2C)C1. The van der Waals surface area contributed by atoms with E-state index >= 15 is 0 Å². The molecule has 2 heterocycles. The van der Waals surface area contributed by atoms with Gasteiger partial charge in [-0.15, -0.1) is 0 Å². The molecule has 1 aliphatic heterocycles. The predicted molar refractivity (Wildman–Crippen MR) is 73.8 cm³/mol. The van der Waals surface area contributed by atoms with E-state index in [1.165, 1.54) is 6.20 Å². The fourth-order valence-electron chi connectivity index (χ4n) is 2.44. The first-order chi connectivity index (χ1) is 9.10. The number of rotatable bonds is 4. The molecule has 1 aromatic rings. The first kappa shape index (κ1) is 13.7. The third kappa shape index (κ3) is 3.41. The summed E-state index contributed by atoms with van der Waals surface area (Å²) in [6.45, 7) is 7.01. The standard InChI is InChI=1S/C13H21N5O/c1-3-5-18-6-4-10(8-18)17-12(19)11-7-15-13(14)16-9(11)2/h7,10H,3-6,8H2,1-2H3,(H,17,19)(H2,14,15,16)/t10-/m1/s1. The van der Waals surface area contributed by atoms with E-state index in [1.54, 1.807) is 6.92 Å². The van der Waals surface area contributed by atoms with Crippen LogP contribution in [-0.2, 0) is 0 Å². The minimum Gasteiger partial charge on any atom is -0.368 e. The number of nitrogens with zero attached hydrogens (tertiary/aromatic N) is 3. The molecule has 0 unspecified atom stereocenters. The lowest BCUT2D eigenvalue weighted by Gasteiger charge is -2.16. The highest BCUT2D eigenvalue weighted by Gasteiger charge is 2.24. The lowest BCUT2D eigenvalue weighted by atomic mass is 10.2. The highest BCUT2D eigenvalue weighted by Crippen LogP contribution is 2.11. The molecule has 19 heavy (non-hydrogen) atoms. The molecule has 0 aliphatic carbocycles. The molecule has 0 saturated carbocycles. The molecule has 2 rings (SSSR count). The molecule has 0 aromatic carbocycles. The quantitative estimate of drug-likeness (QED) is 0.830. The number of nitrogens with one attached hydrogen (secondary N) is 1. The Morgan fingerprint density at radius 3 is 3.11 bits per heavy atom. The number of likely N-dealkylation sites (tertiary alicyclic amines) is 1. The maximum Gasteiger partial charge on any atom is 0.254 e. The van der Waals surface area contributed by atoms with Gasteiger partial charge < -0.3 is 16.0 Å². The van der Waals surface area contributed by atoms with Gasteiger partial charge in [-0.1, -0.05) is 6.92 Å². The lowest BCUT2D eigenvalue weighted by Crippen LogP contribution is -2.37. The summed E-state index contributed by atoms with van der Waals surface area (Å²) in [6.07, 6.45) is 3.64. The van der Waals surface area contributed by atoms with Crippen LogP contribution in [0, 0.1) is 6.92 Å². The van der Waals surface area contributed by atoms with Crippen molar-refractivity contribution in [3.63, 3.8) is 0 Å². The number of nitrogen functional groups attached to an aromatic ring is 1. The summed E-state index contributed by atoms with van der Waals surface area (Å²) in [5.41, 5.74) is 6.60. The summed E-state index contributed by atoms with van der Waals surface area (Å²) in [5, 5.41) is 3.04. The number of hydrogen-bond donors (Lipinski definition) is 2. The number of hydrogen-bond acceptors (Lipinski definition) is 5. The zero-order chi connectivity index (χ0) is 13.8. The van der Waals surface area contributed by atoms with Crippen molar-refractivity contribution >= 4 is 11.9 Å². The number of aromatic nitrogens is 2. The molecule has 6 nitrogen and oxygen atoms in total. The Labute approximate surface area is 113 Å². The van der Waals surface area contributed by atoms with Crippen LogP contribution in [0.2, 0.25) is 0 Å². The van der Waals surface area contributed by atoms with E-state index < -0.39 is 0 Å². The van der Waals surface area contributed by atoms with Crippen molar-refractivity contribution in [2.45, 2.75) is 32.7 Å². The van der Waals surface area contributed by atoms with Crippen LogP contribution in [0.25, 0.3) is 0 Å². The molecule has 1 amide bonds. The second kappa shape index (κ2) is 5.97. The Morgan fingerprint density at radius 2 is 2.42 bits per heavy atom. The Kier molecular flexibility index (Phi) is 4.31. The smallest absolute Gasteiger partial charge is 0.254 e. The zero-order valence-corrected chi connectivity index (χ0v) is 11.5. The zero-order valence-electron chi connectivity index (χ0n) is 11.5. The van der Waals surface area contributed by atoms with Crippen molar-refractivity contribution in [1.29, 1.82) is 0 Å². The molecule has 1 aliphatic rings. The van der Waals surface area contributed by atoms with E-state index in [4.69, 9.17) is 5.73 Å². The fraction of sp³-hybridized carbons (Fsp3) is 0.615. The summed E-state index contributed by atoms with van der Waals surface area (Å²) in [7, 11) is 0. The van der Waals surface area contributed by atoms with Crippen molar-refractivity contribution in [3.05, 3.63) is 17.5 Å². The molecule has 3 N–H and O–H groups in total. The molecule has 0 bridgehead atoms. The van der Waals surface area contributed by atoms with E-state index in [0.29, 0.717) is 11.3 Å². The van der Waals surface area contributed by atoms with Gasteiger partial charge in [0.15, 0.2) is 0 Å². The molecule has 0 spiro atoms. The monoisotopic (exact) mass is 263 g/mol. The van der Waals surface area contributed by atoms with Crippen LogP contribution in [0.5, 0.6) is 0 Å². The van der Waals surface area contributed by atoms with E-state index in [2.05, 4.69) is 27.1 Å². The van der Waals surface area contributed by atoms with Crippen LogP contribution in [0.15, 0.2) is 6.20 Å². The van der Waals surface area contributed by atoms with Crippen LogP contribution >= 0.6 is 0 Å². The first-order valence-electron chi connectivity index (χ1n) is 6.72. The Morgan fingerprint density at radius 1 is 1.63 bits per heavy atom. The van der Waals surface area contributed by atoms with E-state index in [1.807, 2.05) is 0 Å². The lowest BCUT2D eigenvalue weighted by molar-refractivity contribution is 0.0936. The predicted octanol–water partition coefficient (Wildman–Crippen LogP) is 0.581. The molecule has 1 fully saturated rings. The average Bonchev–Trinajstić information content (AvgIpc) is 2.76. The first-order valence-corrected chi connectivity index (χ1v) is 6.72. The maximum atomic E-state index is 12.1. The topological polar surface area (TPSA) is 84.1 Å². The largest absolute Gasteiger partial charge is 0.368 e. The van der Waals surface area contributed by atoms with Gasteiger partial charge in [0.05, 0.1) is 11.3 Å². The third-order valence-electron chi connectivity index (χ3n) is 3.39. The third-order valence-corrected chi connectivity index (χ3v) is 3.39. The summed E-state index contributed by atoms with van der Waals surface area (Å²) in [4.78, 5) is 22.4. The average molecular weight is 263 g/mol. The van der Waals surface area contributed by atoms with E-state index in [-0.39, 0.29) is 17.9 Å².